The summed E-state index contributed by atoms with van der Waals surface area (Å²) in [5.74, 6) is 0.554. The summed E-state index contributed by atoms with van der Waals surface area (Å²) in [5, 5.41) is 0.616. The molecule has 0 bridgehead atoms. The highest BCUT2D eigenvalue weighted by molar-refractivity contribution is 5.79. The number of nitrogens with two attached hydrogens (primary N) is 1. The van der Waals surface area contributed by atoms with Crippen LogP contribution in [-0.4, -0.2) is 31.2 Å². The van der Waals surface area contributed by atoms with E-state index in [2.05, 4.69) is 4.90 Å². The fourth-order valence-electron chi connectivity index (χ4n) is 3.11. The third-order valence-electron chi connectivity index (χ3n) is 4.50. The first-order chi connectivity index (χ1) is 12.2. The first-order valence-corrected chi connectivity index (χ1v) is 8.42. The van der Waals surface area contributed by atoms with E-state index >= 15 is 0 Å². The number of nitrogens with zero attached hydrogens (tertiary/aromatic N) is 1. The Bertz CT molecular complexity index is 941. The van der Waals surface area contributed by atoms with E-state index in [1.165, 1.54) is 0 Å². The Morgan fingerprint density at radius 2 is 1.76 bits per heavy atom. The maximum absolute atomic E-state index is 12.6. The number of ether oxygens (including phenoxy) is 1. The zero-order valence-electron chi connectivity index (χ0n) is 13.9. The zero-order valence-corrected chi connectivity index (χ0v) is 13.9. The van der Waals surface area contributed by atoms with Crippen LogP contribution in [0.3, 0.4) is 0 Å². The molecule has 2 heterocycles. The van der Waals surface area contributed by atoms with Gasteiger partial charge in [0.05, 0.1) is 18.6 Å². The van der Waals surface area contributed by atoms with Crippen molar-refractivity contribution in [1.82, 2.24) is 4.90 Å². The van der Waals surface area contributed by atoms with Crippen LogP contribution < -0.4 is 11.2 Å². The van der Waals surface area contributed by atoms with Crippen LogP contribution in [0.5, 0.6) is 0 Å². The van der Waals surface area contributed by atoms with E-state index in [-0.39, 0.29) is 5.43 Å². The molecule has 1 saturated heterocycles. The van der Waals surface area contributed by atoms with E-state index in [1.807, 2.05) is 30.3 Å². The van der Waals surface area contributed by atoms with Crippen molar-refractivity contribution < 1.29 is 9.15 Å². The van der Waals surface area contributed by atoms with Gasteiger partial charge in [0.25, 0.3) is 0 Å². The Morgan fingerprint density at radius 1 is 1.00 bits per heavy atom. The molecule has 0 unspecified atom stereocenters. The minimum atomic E-state index is -0.0306. The van der Waals surface area contributed by atoms with Crippen molar-refractivity contribution in [3.63, 3.8) is 0 Å². The predicted octanol–water partition coefficient (Wildman–Crippen LogP) is 2.87. The van der Waals surface area contributed by atoms with Crippen molar-refractivity contribution >= 4 is 16.7 Å². The highest BCUT2D eigenvalue weighted by atomic mass is 16.5. The van der Waals surface area contributed by atoms with Crippen LogP contribution in [0.25, 0.3) is 22.3 Å². The molecule has 3 aromatic rings. The summed E-state index contributed by atoms with van der Waals surface area (Å²) >= 11 is 0. The van der Waals surface area contributed by atoms with Crippen molar-refractivity contribution in [2.24, 2.45) is 0 Å². The monoisotopic (exact) mass is 336 g/mol. The maximum atomic E-state index is 12.6. The second-order valence-corrected chi connectivity index (χ2v) is 6.32. The van der Waals surface area contributed by atoms with Gasteiger partial charge in [0.15, 0.2) is 5.43 Å². The topological polar surface area (TPSA) is 68.7 Å². The van der Waals surface area contributed by atoms with Gasteiger partial charge in [-0.2, -0.15) is 0 Å². The standard InChI is InChI=1S/C20H20N2O3/c21-16-4-2-15(3-5-16)20-12-18(23)17-11-14(1-6-19(17)25-20)13-22-7-9-24-10-8-22/h1-6,11-12H,7-10,13,21H2. The molecule has 0 atom stereocenters. The molecule has 5 nitrogen and oxygen atoms in total. The molecule has 2 aromatic carbocycles. The average Bonchev–Trinajstić information content (AvgIpc) is 2.63. The molecule has 4 rings (SSSR count). The molecule has 0 aliphatic carbocycles. The first-order valence-electron chi connectivity index (χ1n) is 8.42. The number of rotatable bonds is 3. The lowest BCUT2D eigenvalue weighted by atomic mass is 10.1. The highest BCUT2D eigenvalue weighted by Crippen LogP contribution is 2.24. The van der Waals surface area contributed by atoms with Gasteiger partial charge in [-0.05, 0) is 42.0 Å². The molecule has 0 saturated carbocycles. The number of morpholine rings is 1. The zero-order chi connectivity index (χ0) is 17.2. The number of nitrogen functional groups attached to an aromatic ring is 1. The van der Waals surface area contributed by atoms with Gasteiger partial charge in [-0.15, -0.1) is 0 Å². The van der Waals surface area contributed by atoms with E-state index in [0.717, 1.165) is 44.0 Å². The van der Waals surface area contributed by atoms with Gasteiger partial charge in [-0.3, -0.25) is 9.69 Å². The van der Waals surface area contributed by atoms with E-state index in [4.69, 9.17) is 14.9 Å². The third-order valence-corrected chi connectivity index (χ3v) is 4.50. The Kier molecular flexibility index (Phi) is 4.26. The molecular weight excluding hydrogens is 316 g/mol. The normalized spacial score (nSPS) is 15.5. The van der Waals surface area contributed by atoms with Gasteiger partial charge in [0, 0.05) is 37.0 Å². The molecule has 0 amide bonds. The number of benzene rings is 2. The molecule has 1 aromatic heterocycles. The summed E-state index contributed by atoms with van der Waals surface area (Å²) in [5.41, 5.74) is 8.92. The van der Waals surface area contributed by atoms with Crippen LogP contribution in [0, 0.1) is 0 Å². The lowest BCUT2D eigenvalue weighted by molar-refractivity contribution is 0.0342. The van der Waals surface area contributed by atoms with Crippen LogP contribution in [0.1, 0.15) is 5.56 Å². The maximum Gasteiger partial charge on any atom is 0.193 e. The summed E-state index contributed by atoms with van der Waals surface area (Å²) in [6.45, 7) is 4.19. The summed E-state index contributed by atoms with van der Waals surface area (Å²) in [6, 6.07) is 14.7. The Hall–Kier alpha value is -2.63. The lowest BCUT2D eigenvalue weighted by Gasteiger charge is -2.26. The summed E-state index contributed by atoms with van der Waals surface area (Å²) in [7, 11) is 0. The van der Waals surface area contributed by atoms with Crippen LogP contribution in [0.2, 0.25) is 0 Å². The SMILES string of the molecule is Nc1ccc(-c2cc(=O)c3cc(CN4CCOCC4)ccc3o2)cc1. The number of anilines is 1. The van der Waals surface area contributed by atoms with Gasteiger partial charge in [-0.25, -0.2) is 0 Å². The second kappa shape index (κ2) is 6.70. The molecule has 2 N–H and O–H groups in total. The molecule has 1 aliphatic rings. The van der Waals surface area contributed by atoms with Crippen LogP contribution in [-0.2, 0) is 11.3 Å². The quantitative estimate of drug-likeness (QED) is 0.745. The first kappa shape index (κ1) is 15.9. The molecule has 5 heteroatoms. The van der Waals surface area contributed by atoms with Crippen molar-refractivity contribution in [3.8, 4) is 11.3 Å². The summed E-state index contributed by atoms with van der Waals surface area (Å²) in [4.78, 5) is 14.9. The number of fused-ring (bicyclic) bond motifs is 1. The van der Waals surface area contributed by atoms with Crippen molar-refractivity contribution in [2.45, 2.75) is 6.54 Å². The van der Waals surface area contributed by atoms with Crippen LogP contribution in [0.15, 0.2) is 57.7 Å². The van der Waals surface area contributed by atoms with E-state index in [9.17, 15) is 4.79 Å². The molecule has 1 aliphatic heterocycles. The molecule has 1 fully saturated rings. The molecule has 0 radical (unpaired) electrons. The minimum Gasteiger partial charge on any atom is -0.456 e. The Labute approximate surface area is 145 Å². The Morgan fingerprint density at radius 3 is 2.52 bits per heavy atom. The highest BCUT2D eigenvalue weighted by Gasteiger charge is 2.12. The van der Waals surface area contributed by atoms with Gasteiger partial charge in [0.2, 0.25) is 0 Å². The van der Waals surface area contributed by atoms with Crippen molar-refractivity contribution in [2.75, 3.05) is 32.0 Å². The van der Waals surface area contributed by atoms with Gasteiger partial charge < -0.3 is 14.9 Å². The fourth-order valence-corrected chi connectivity index (χ4v) is 3.11. The second-order valence-electron chi connectivity index (χ2n) is 6.32. The smallest absolute Gasteiger partial charge is 0.193 e. The van der Waals surface area contributed by atoms with Crippen molar-refractivity contribution in [1.29, 1.82) is 0 Å². The minimum absolute atomic E-state index is 0.0306. The predicted molar refractivity (Wildman–Crippen MR) is 98.4 cm³/mol. The largest absolute Gasteiger partial charge is 0.456 e. The van der Waals surface area contributed by atoms with Gasteiger partial charge in [0.1, 0.15) is 11.3 Å². The van der Waals surface area contributed by atoms with Gasteiger partial charge in [-0.1, -0.05) is 6.07 Å². The van der Waals surface area contributed by atoms with Crippen molar-refractivity contribution in [3.05, 3.63) is 64.3 Å². The van der Waals surface area contributed by atoms with Crippen LogP contribution in [0.4, 0.5) is 5.69 Å². The third kappa shape index (κ3) is 3.43. The van der Waals surface area contributed by atoms with Crippen LogP contribution >= 0.6 is 0 Å². The summed E-state index contributed by atoms with van der Waals surface area (Å²) < 4.78 is 11.3. The molecule has 128 valence electrons. The fraction of sp³-hybridized carbons (Fsp3) is 0.250. The van der Waals surface area contributed by atoms with E-state index in [0.29, 0.717) is 22.4 Å². The average molecular weight is 336 g/mol. The molecular formula is C20H20N2O3. The van der Waals surface area contributed by atoms with E-state index in [1.54, 1.807) is 18.2 Å². The molecule has 0 spiro atoms. The number of hydrogen-bond acceptors (Lipinski definition) is 5. The molecule has 25 heavy (non-hydrogen) atoms. The van der Waals surface area contributed by atoms with Gasteiger partial charge >= 0.3 is 0 Å². The van der Waals surface area contributed by atoms with E-state index < -0.39 is 0 Å². The Balaban J connectivity index is 1.67. The lowest BCUT2D eigenvalue weighted by Crippen LogP contribution is -2.35. The number of hydrogen-bond donors (Lipinski definition) is 1. The summed E-state index contributed by atoms with van der Waals surface area (Å²) in [6.07, 6.45) is 0.